The monoisotopic (exact) mass is 284 g/mol. The first-order chi connectivity index (χ1) is 9.24. The highest BCUT2D eigenvalue weighted by atomic mass is 35.5. The molecule has 3 rings (SSSR count). The van der Waals surface area contributed by atoms with Gasteiger partial charge in [0.15, 0.2) is 0 Å². The standard InChI is InChI=1S/C16H11ClNS/c1-18-14-4-2-3-5-15(14)19-16(18)11-8-12-6-9-13(17)10-7-12/h2-7,9-10H,1H3/q+1. The number of fused-ring (bicyclic) bond motifs is 1. The molecule has 0 aliphatic rings. The van der Waals surface area contributed by atoms with Crippen molar-refractivity contribution in [3.05, 3.63) is 64.1 Å². The first-order valence-corrected chi connectivity index (χ1v) is 7.08. The molecule has 0 bridgehead atoms. The molecule has 0 amide bonds. The van der Waals surface area contributed by atoms with Crippen LogP contribution in [0, 0.1) is 11.8 Å². The normalized spacial score (nSPS) is 10.2. The molecule has 0 saturated carbocycles. The molecule has 1 nitrogen and oxygen atoms in total. The van der Waals surface area contributed by atoms with Crippen molar-refractivity contribution >= 4 is 33.2 Å². The minimum absolute atomic E-state index is 0.734. The van der Waals surface area contributed by atoms with E-state index in [1.807, 2.05) is 37.4 Å². The summed E-state index contributed by atoms with van der Waals surface area (Å²) >= 11 is 7.57. The van der Waals surface area contributed by atoms with Crippen LogP contribution in [-0.2, 0) is 7.05 Å². The summed E-state index contributed by atoms with van der Waals surface area (Å²) in [5, 5.41) is 1.79. The van der Waals surface area contributed by atoms with Crippen LogP contribution < -0.4 is 4.57 Å². The van der Waals surface area contributed by atoms with E-state index in [0.29, 0.717) is 0 Å². The molecule has 0 saturated heterocycles. The Morgan fingerprint density at radius 3 is 2.47 bits per heavy atom. The first kappa shape index (κ1) is 12.2. The molecule has 92 valence electrons. The van der Waals surface area contributed by atoms with Crippen LogP contribution in [0.2, 0.25) is 5.02 Å². The number of aryl methyl sites for hydroxylation is 1. The van der Waals surface area contributed by atoms with Crippen LogP contribution in [0.25, 0.3) is 10.2 Å². The van der Waals surface area contributed by atoms with Crippen molar-refractivity contribution in [3.8, 4) is 11.8 Å². The van der Waals surface area contributed by atoms with Gasteiger partial charge in [-0.05, 0) is 30.3 Å². The van der Waals surface area contributed by atoms with Gasteiger partial charge in [-0.2, -0.15) is 4.57 Å². The molecule has 0 atom stereocenters. The summed E-state index contributed by atoms with van der Waals surface area (Å²) in [4.78, 5) is 0. The van der Waals surface area contributed by atoms with E-state index < -0.39 is 0 Å². The average Bonchev–Trinajstić information content (AvgIpc) is 2.76. The molecule has 0 unspecified atom stereocenters. The summed E-state index contributed by atoms with van der Waals surface area (Å²) in [7, 11) is 2.05. The lowest BCUT2D eigenvalue weighted by atomic mass is 10.2. The number of para-hydroxylation sites is 1. The van der Waals surface area contributed by atoms with Crippen LogP contribution in [0.1, 0.15) is 10.6 Å². The van der Waals surface area contributed by atoms with Crippen molar-refractivity contribution in [1.29, 1.82) is 0 Å². The third-order valence-corrected chi connectivity index (χ3v) is 4.28. The van der Waals surface area contributed by atoms with Crippen LogP contribution in [0.15, 0.2) is 48.5 Å². The summed E-state index contributed by atoms with van der Waals surface area (Å²) in [6.45, 7) is 0. The van der Waals surface area contributed by atoms with E-state index in [1.165, 1.54) is 10.2 Å². The zero-order chi connectivity index (χ0) is 13.2. The van der Waals surface area contributed by atoms with E-state index in [1.54, 1.807) is 11.3 Å². The summed E-state index contributed by atoms with van der Waals surface area (Å²) in [5.41, 5.74) is 2.19. The lowest BCUT2D eigenvalue weighted by Crippen LogP contribution is -2.29. The van der Waals surface area contributed by atoms with E-state index >= 15 is 0 Å². The molecule has 0 aliphatic heterocycles. The maximum absolute atomic E-state index is 5.86. The Morgan fingerprint density at radius 2 is 1.74 bits per heavy atom. The topological polar surface area (TPSA) is 3.88 Å². The van der Waals surface area contributed by atoms with Gasteiger partial charge < -0.3 is 0 Å². The number of thiazole rings is 1. The minimum atomic E-state index is 0.734. The molecule has 1 heterocycles. The van der Waals surface area contributed by atoms with Gasteiger partial charge in [-0.3, -0.25) is 0 Å². The maximum atomic E-state index is 5.86. The van der Waals surface area contributed by atoms with Gasteiger partial charge in [0, 0.05) is 22.6 Å². The maximum Gasteiger partial charge on any atom is 0.315 e. The highest BCUT2D eigenvalue weighted by Gasteiger charge is 2.13. The van der Waals surface area contributed by atoms with E-state index in [-0.39, 0.29) is 0 Å². The van der Waals surface area contributed by atoms with Gasteiger partial charge in [-0.15, -0.1) is 0 Å². The fourth-order valence-corrected chi connectivity index (χ4v) is 3.00. The zero-order valence-electron chi connectivity index (χ0n) is 10.4. The molecule has 2 aromatic carbocycles. The van der Waals surface area contributed by atoms with Crippen LogP contribution in [-0.4, -0.2) is 0 Å². The second-order valence-electron chi connectivity index (χ2n) is 4.19. The van der Waals surface area contributed by atoms with Crippen LogP contribution in [0.4, 0.5) is 0 Å². The highest BCUT2D eigenvalue weighted by Crippen LogP contribution is 2.18. The minimum Gasteiger partial charge on any atom is -0.177 e. The number of rotatable bonds is 0. The second kappa shape index (κ2) is 5.05. The van der Waals surface area contributed by atoms with Gasteiger partial charge in [-0.1, -0.05) is 41.0 Å². The summed E-state index contributed by atoms with van der Waals surface area (Å²) in [6.07, 6.45) is 0. The summed E-state index contributed by atoms with van der Waals surface area (Å²) in [6, 6.07) is 15.9. The van der Waals surface area contributed by atoms with Gasteiger partial charge in [0.1, 0.15) is 11.7 Å². The van der Waals surface area contributed by atoms with E-state index in [0.717, 1.165) is 15.6 Å². The van der Waals surface area contributed by atoms with Gasteiger partial charge in [0.2, 0.25) is 5.52 Å². The van der Waals surface area contributed by atoms with Gasteiger partial charge in [0.05, 0.1) is 0 Å². The Bertz CT molecular complexity index is 791. The number of hydrogen-bond acceptors (Lipinski definition) is 1. The van der Waals surface area contributed by atoms with E-state index in [9.17, 15) is 0 Å². The van der Waals surface area contributed by atoms with Crippen molar-refractivity contribution in [2.75, 3.05) is 0 Å². The number of hydrogen-bond donors (Lipinski definition) is 0. The molecule has 3 heteroatoms. The van der Waals surface area contributed by atoms with Gasteiger partial charge in [0.25, 0.3) is 0 Å². The summed E-state index contributed by atoms with van der Waals surface area (Å²) in [5.74, 6) is 6.40. The van der Waals surface area contributed by atoms with E-state index in [4.69, 9.17) is 11.6 Å². The molecule has 19 heavy (non-hydrogen) atoms. The van der Waals surface area contributed by atoms with Crippen molar-refractivity contribution < 1.29 is 4.57 Å². The van der Waals surface area contributed by atoms with Crippen molar-refractivity contribution in [2.24, 2.45) is 7.05 Å². The average molecular weight is 285 g/mol. The van der Waals surface area contributed by atoms with Crippen LogP contribution in [0.5, 0.6) is 0 Å². The lowest BCUT2D eigenvalue weighted by molar-refractivity contribution is -0.642. The predicted molar refractivity (Wildman–Crippen MR) is 80.4 cm³/mol. The second-order valence-corrected chi connectivity index (χ2v) is 5.66. The SMILES string of the molecule is C[n+]1c(C#Cc2ccc(Cl)cc2)sc2ccccc21. The Morgan fingerprint density at radius 1 is 1.00 bits per heavy atom. The molecule has 0 spiro atoms. The molecule has 0 fully saturated rings. The predicted octanol–water partition coefficient (Wildman–Crippen LogP) is 3.78. The Hall–Kier alpha value is -1.82. The molecule has 0 aliphatic carbocycles. The lowest BCUT2D eigenvalue weighted by Gasteiger charge is -1.89. The van der Waals surface area contributed by atoms with Gasteiger partial charge >= 0.3 is 5.01 Å². The summed E-state index contributed by atoms with van der Waals surface area (Å²) < 4.78 is 3.38. The molecule has 0 N–H and O–H groups in total. The Balaban J connectivity index is 2.02. The third kappa shape index (κ3) is 2.49. The van der Waals surface area contributed by atoms with E-state index in [2.05, 4.69) is 34.6 Å². The fraction of sp³-hybridized carbons (Fsp3) is 0.0625. The smallest absolute Gasteiger partial charge is 0.177 e. The van der Waals surface area contributed by atoms with Gasteiger partial charge in [-0.25, -0.2) is 0 Å². The molecule has 1 aromatic heterocycles. The zero-order valence-corrected chi connectivity index (χ0v) is 11.9. The quantitative estimate of drug-likeness (QED) is 0.437. The number of aromatic nitrogens is 1. The number of halogens is 1. The highest BCUT2D eigenvalue weighted by molar-refractivity contribution is 7.18. The van der Waals surface area contributed by atoms with Crippen LogP contribution in [0.3, 0.4) is 0 Å². The largest absolute Gasteiger partial charge is 0.315 e. The van der Waals surface area contributed by atoms with Crippen LogP contribution >= 0.6 is 22.9 Å². The molecular weight excluding hydrogens is 274 g/mol. The molecular formula is C16H11ClNS+. The number of nitrogens with zero attached hydrogens (tertiary/aromatic N) is 1. The Kier molecular flexibility index (Phi) is 3.25. The Labute approximate surface area is 121 Å². The fourth-order valence-electron chi connectivity index (χ4n) is 1.87. The van der Waals surface area contributed by atoms with Crippen molar-refractivity contribution in [2.45, 2.75) is 0 Å². The third-order valence-electron chi connectivity index (χ3n) is 2.90. The van der Waals surface area contributed by atoms with Crippen molar-refractivity contribution in [3.63, 3.8) is 0 Å². The molecule has 0 radical (unpaired) electrons. The molecule has 3 aromatic rings. The first-order valence-electron chi connectivity index (χ1n) is 5.89. The number of benzene rings is 2. The van der Waals surface area contributed by atoms with Crippen molar-refractivity contribution in [1.82, 2.24) is 0 Å².